The normalized spacial score (nSPS) is 15.8. The number of rotatable bonds is 4. The summed E-state index contributed by atoms with van der Waals surface area (Å²) in [4.78, 5) is 42.4. The zero-order chi connectivity index (χ0) is 25.0. The van der Waals surface area contributed by atoms with Gasteiger partial charge in [-0.2, -0.15) is 5.10 Å². The van der Waals surface area contributed by atoms with Gasteiger partial charge in [-0.25, -0.2) is 14.5 Å². The molecule has 4 aromatic heterocycles. The largest absolute Gasteiger partial charge is 0.346 e. The van der Waals surface area contributed by atoms with Crippen LogP contribution in [0.25, 0.3) is 22.2 Å². The fraction of sp³-hybridized carbons (Fsp3) is 0.240. The van der Waals surface area contributed by atoms with Crippen molar-refractivity contribution in [3.8, 4) is 5.69 Å². The summed E-state index contributed by atoms with van der Waals surface area (Å²) >= 11 is 6.36. The first-order valence-corrected chi connectivity index (χ1v) is 12.0. The number of aromatic amines is 1. The average Bonchev–Trinajstić information content (AvgIpc) is 3.62. The summed E-state index contributed by atoms with van der Waals surface area (Å²) in [5, 5.41) is 5.88. The van der Waals surface area contributed by atoms with Gasteiger partial charge in [0.1, 0.15) is 23.3 Å². The van der Waals surface area contributed by atoms with Crippen molar-refractivity contribution in [2.45, 2.75) is 18.9 Å². The van der Waals surface area contributed by atoms with Gasteiger partial charge in [0.15, 0.2) is 5.82 Å². The SMILES string of the molecule is CN(C)C(=O)c1c[nH]c2ncnc(N3CCC[C@H]3c3nn4ccc(Cl)c4c(=O)n3-c3ccccc3)c12. The van der Waals surface area contributed by atoms with E-state index in [9.17, 15) is 9.59 Å². The Labute approximate surface area is 210 Å². The molecule has 182 valence electrons. The molecule has 1 saturated heterocycles. The van der Waals surface area contributed by atoms with Gasteiger partial charge in [0.05, 0.1) is 27.7 Å². The van der Waals surface area contributed by atoms with Gasteiger partial charge >= 0.3 is 0 Å². The quantitative estimate of drug-likeness (QED) is 0.403. The molecule has 0 bridgehead atoms. The Morgan fingerprint density at radius 1 is 1.17 bits per heavy atom. The van der Waals surface area contributed by atoms with Gasteiger partial charge in [-0.05, 0) is 31.0 Å². The maximum atomic E-state index is 13.7. The van der Waals surface area contributed by atoms with E-state index in [2.05, 4.69) is 19.9 Å². The van der Waals surface area contributed by atoms with Gasteiger partial charge < -0.3 is 14.8 Å². The van der Waals surface area contributed by atoms with Crippen LogP contribution in [-0.2, 0) is 0 Å². The van der Waals surface area contributed by atoms with Gasteiger partial charge in [-0.15, -0.1) is 0 Å². The van der Waals surface area contributed by atoms with Crippen LogP contribution in [-0.4, -0.2) is 60.6 Å². The van der Waals surface area contributed by atoms with Crippen LogP contribution in [0.3, 0.4) is 0 Å². The highest BCUT2D eigenvalue weighted by molar-refractivity contribution is 6.33. The molecule has 1 amide bonds. The lowest BCUT2D eigenvalue weighted by Gasteiger charge is -2.28. The van der Waals surface area contributed by atoms with Crippen molar-refractivity contribution in [1.82, 2.24) is 34.0 Å². The van der Waals surface area contributed by atoms with E-state index >= 15 is 0 Å². The minimum absolute atomic E-state index is 0.143. The third-order valence-corrected chi connectivity index (χ3v) is 6.89. The molecule has 0 aliphatic carbocycles. The minimum atomic E-state index is -0.265. The third kappa shape index (κ3) is 3.36. The summed E-state index contributed by atoms with van der Waals surface area (Å²) in [6.07, 6.45) is 6.47. The van der Waals surface area contributed by atoms with E-state index in [0.717, 1.165) is 12.8 Å². The summed E-state index contributed by atoms with van der Waals surface area (Å²) in [7, 11) is 3.42. The summed E-state index contributed by atoms with van der Waals surface area (Å²) in [5.74, 6) is 1.07. The first-order chi connectivity index (χ1) is 17.5. The highest BCUT2D eigenvalue weighted by Gasteiger charge is 2.34. The second-order valence-electron chi connectivity index (χ2n) is 8.97. The molecule has 6 rings (SSSR count). The molecule has 1 atom stereocenters. The number of hydrogen-bond acceptors (Lipinski definition) is 6. The van der Waals surface area contributed by atoms with E-state index in [0.29, 0.717) is 51.0 Å². The molecule has 5 heterocycles. The van der Waals surface area contributed by atoms with Gasteiger partial charge in [0.25, 0.3) is 11.5 Å². The second-order valence-corrected chi connectivity index (χ2v) is 9.37. The minimum Gasteiger partial charge on any atom is -0.346 e. The second kappa shape index (κ2) is 8.49. The van der Waals surface area contributed by atoms with Crippen molar-refractivity contribution in [2.75, 3.05) is 25.5 Å². The highest BCUT2D eigenvalue weighted by atomic mass is 35.5. The summed E-state index contributed by atoms with van der Waals surface area (Å²) in [5.41, 5.74) is 1.86. The Bertz CT molecular complexity index is 1670. The van der Waals surface area contributed by atoms with Crippen molar-refractivity contribution in [3.63, 3.8) is 0 Å². The zero-order valence-electron chi connectivity index (χ0n) is 19.7. The van der Waals surface area contributed by atoms with E-state index in [-0.39, 0.29) is 17.5 Å². The van der Waals surface area contributed by atoms with Crippen molar-refractivity contribution < 1.29 is 4.79 Å². The number of carbonyl (C=O) groups excluding carboxylic acids is 1. The monoisotopic (exact) mass is 502 g/mol. The van der Waals surface area contributed by atoms with Crippen LogP contribution in [0.2, 0.25) is 5.02 Å². The number of nitrogens with one attached hydrogen (secondary N) is 1. The standard InChI is InChI=1S/C25H23ClN8O2/c1-31(2)24(35)16-13-27-21-19(16)23(29-14-28-21)32-11-6-9-18(32)22-30-33-12-10-17(26)20(33)25(36)34(22)15-7-4-3-5-8-15/h3-5,7-8,10,12-14,18H,6,9,11H2,1-2H3,(H,27,28,29)/t18-/m0/s1. The number of H-pyrrole nitrogens is 1. The molecule has 0 radical (unpaired) electrons. The molecule has 1 fully saturated rings. The number of nitrogens with zero attached hydrogens (tertiary/aromatic N) is 7. The molecule has 1 aromatic carbocycles. The number of hydrogen-bond donors (Lipinski definition) is 1. The molecule has 5 aromatic rings. The highest BCUT2D eigenvalue weighted by Crippen LogP contribution is 2.38. The lowest BCUT2D eigenvalue weighted by atomic mass is 10.1. The van der Waals surface area contributed by atoms with Crippen molar-refractivity contribution in [3.05, 3.63) is 81.9 Å². The Morgan fingerprint density at radius 2 is 1.97 bits per heavy atom. The van der Waals surface area contributed by atoms with Crippen LogP contribution in [0.5, 0.6) is 0 Å². The Morgan fingerprint density at radius 3 is 2.75 bits per heavy atom. The predicted octanol–water partition coefficient (Wildman–Crippen LogP) is 3.45. The van der Waals surface area contributed by atoms with Crippen molar-refractivity contribution in [1.29, 1.82) is 0 Å². The molecule has 0 spiro atoms. The van der Waals surface area contributed by atoms with Gasteiger partial charge in [-0.1, -0.05) is 29.8 Å². The number of amides is 1. The van der Waals surface area contributed by atoms with E-state index in [1.807, 2.05) is 30.3 Å². The lowest BCUT2D eigenvalue weighted by Crippen LogP contribution is -2.33. The maximum absolute atomic E-state index is 13.7. The molecule has 10 nitrogen and oxygen atoms in total. The maximum Gasteiger partial charge on any atom is 0.284 e. The molecular weight excluding hydrogens is 480 g/mol. The fourth-order valence-corrected chi connectivity index (χ4v) is 5.18. The van der Waals surface area contributed by atoms with Crippen molar-refractivity contribution in [2.24, 2.45) is 0 Å². The number of para-hydroxylation sites is 1. The Kier molecular flexibility index (Phi) is 5.26. The molecule has 0 unspecified atom stereocenters. The molecular formula is C25H23ClN8O2. The van der Waals surface area contributed by atoms with Crippen LogP contribution in [0, 0.1) is 0 Å². The van der Waals surface area contributed by atoms with Crippen molar-refractivity contribution >= 4 is 39.9 Å². The molecule has 1 aliphatic heterocycles. The number of fused-ring (bicyclic) bond motifs is 2. The summed E-state index contributed by atoms with van der Waals surface area (Å²) < 4.78 is 3.17. The number of halogens is 1. The molecule has 36 heavy (non-hydrogen) atoms. The number of anilines is 1. The van der Waals surface area contributed by atoms with E-state index in [1.165, 1.54) is 11.2 Å². The first kappa shape index (κ1) is 22.3. The zero-order valence-corrected chi connectivity index (χ0v) is 20.5. The number of benzene rings is 1. The molecule has 0 saturated carbocycles. The molecule has 11 heteroatoms. The lowest BCUT2D eigenvalue weighted by molar-refractivity contribution is 0.0829. The van der Waals surface area contributed by atoms with Gasteiger partial charge in [0, 0.05) is 33.0 Å². The number of aromatic nitrogens is 6. The van der Waals surface area contributed by atoms with Gasteiger partial charge in [0.2, 0.25) is 0 Å². The number of carbonyl (C=O) groups is 1. The topological polar surface area (TPSA) is 104 Å². The molecule has 1 N–H and O–H groups in total. The average molecular weight is 503 g/mol. The smallest absolute Gasteiger partial charge is 0.284 e. The Balaban J connectivity index is 1.58. The third-order valence-electron chi connectivity index (χ3n) is 6.59. The van der Waals surface area contributed by atoms with Crippen LogP contribution < -0.4 is 10.5 Å². The summed E-state index contributed by atoms with van der Waals surface area (Å²) in [6.45, 7) is 0.687. The summed E-state index contributed by atoms with van der Waals surface area (Å²) in [6, 6.07) is 10.8. The fourth-order valence-electron chi connectivity index (χ4n) is 4.95. The van der Waals surface area contributed by atoms with E-state index in [4.69, 9.17) is 16.7 Å². The van der Waals surface area contributed by atoms with E-state index < -0.39 is 0 Å². The van der Waals surface area contributed by atoms with Crippen LogP contribution in [0.15, 0.2) is 59.9 Å². The van der Waals surface area contributed by atoms with Crippen LogP contribution in [0.4, 0.5) is 5.82 Å². The van der Waals surface area contributed by atoms with Crippen LogP contribution >= 0.6 is 11.6 Å². The predicted molar refractivity (Wildman–Crippen MR) is 137 cm³/mol. The van der Waals surface area contributed by atoms with E-state index in [1.54, 1.807) is 41.6 Å². The first-order valence-electron chi connectivity index (χ1n) is 11.6. The van der Waals surface area contributed by atoms with Crippen LogP contribution in [0.1, 0.15) is 35.1 Å². The Hall–Kier alpha value is -4.18. The molecule has 1 aliphatic rings. The van der Waals surface area contributed by atoms with Gasteiger partial charge in [-0.3, -0.25) is 14.2 Å².